The lowest BCUT2D eigenvalue weighted by Gasteiger charge is -2.09. The number of aromatic nitrogens is 4. The third kappa shape index (κ3) is 5.26. The van der Waals surface area contributed by atoms with E-state index in [1.807, 2.05) is 36.4 Å². The molecule has 0 bridgehead atoms. The van der Waals surface area contributed by atoms with Crippen LogP contribution in [0.3, 0.4) is 0 Å². The molecule has 1 aliphatic carbocycles. The summed E-state index contributed by atoms with van der Waals surface area (Å²) in [4.78, 5) is 21.5. The molecule has 2 N–H and O–H groups in total. The van der Waals surface area contributed by atoms with E-state index in [2.05, 4.69) is 45.3 Å². The van der Waals surface area contributed by atoms with Gasteiger partial charge in [0, 0.05) is 18.3 Å². The molecule has 1 amide bonds. The van der Waals surface area contributed by atoms with Crippen LogP contribution in [0.4, 0.5) is 11.5 Å². The van der Waals surface area contributed by atoms with Crippen LogP contribution in [0, 0.1) is 17.2 Å². The molecule has 0 radical (unpaired) electrons. The topological polar surface area (TPSA) is 122 Å². The van der Waals surface area contributed by atoms with Crippen LogP contribution in [0.15, 0.2) is 59.5 Å². The van der Waals surface area contributed by atoms with E-state index in [4.69, 9.17) is 4.42 Å². The zero-order valence-corrected chi connectivity index (χ0v) is 20.6. The summed E-state index contributed by atoms with van der Waals surface area (Å²) in [5.41, 5.74) is 3.13. The fourth-order valence-electron chi connectivity index (χ4n) is 3.67. The molecule has 0 spiro atoms. The maximum Gasteiger partial charge on any atom is 0.277 e. The number of nitriles is 1. The van der Waals surface area contributed by atoms with Crippen LogP contribution in [0.5, 0.6) is 0 Å². The van der Waals surface area contributed by atoms with Crippen LogP contribution >= 0.6 is 12.6 Å². The Morgan fingerprint density at radius 3 is 2.83 bits per heavy atom. The van der Waals surface area contributed by atoms with Gasteiger partial charge in [0.05, 0.1) is 17.6 Å². The van der Waals surface area contributed by atoms with Crippen molar-refractivity contribution >= 4 is 30.0 Å². The van der Waals surface area contributed by atoms with Crippen LogP contribution in [0.25, 0.3) is 17.1 Å². The SMILES string of the molecule is CC(CS)c1ccc(-n2cc(NC(=O)c3coc(-c4ccnc(NCC5CC5)c4)n3)c(C#N)n2)cc1. The number of rotatable bonds is 9. The zero-order valence-electron chi connectivity index (χ0n) is 19.7. The Morgan fingerprint density at radius 2 is 2.11 bits per heavy atom. The number of carbonyl (C=O) groups is 1. The number of amides is 1. The minimum atomic E-state index is -0.500. The van der Waals surface area contributed by atoms with Crippen LogP contribution in [0.2, 0.25) is 0 Å². The van der Waals surface area contributed by atoms with E-state index in [9.17, 15) is 10.1 Å². The number of oxazole rings is 1. The van der Waals surface area contributed by atoms with E-state index in [0.717, 1.165) is 35.3 Å². The molecule has 1 unspecified atom stereocenters. The van der Waals surface area contributed by atoms with Gasteiger partial charge in [0.2, 0.25) is 5.89 Å². The first-order chi connectivity index (χ1) is 17.5. The predicted octanol–water partition coefficient (Wildman–Crippen LogP) is 4.90. The molecule has 9 nitrogen and oxygen atoms in total. The summed E-state index contributed by atoms with van der Waals surface area (Å²) >= 11 is 4.35. The van der Waals surface area contributed by atoms with Gasteiger partial charge in [-0.15, -0.1) is 0 Å². The molecule has 5 rings (SSSR count). The molecule has 4 aromatic rings. The molecule has 0 saturated heterocycles. The van der Waals surface area contributed by atoms with E-state index in [-0.39, 0.29) is 17.1 Å². The van der Waals surface area contributed by atoms with Crippen molar-refractivity contribution in [3.05, 3.63) is 72.0 Å². The van der Waals surface area contributed by atoms with Gasteiger partial charge in [-0.05, 0) is 60.3 Å². The summed E-state index contributed by atoms with van der Waals surface area (Å²) in [7, 11) is 0. The summed E-state index contributed by atoms with van der Waals surface area (Å²) in [5, 5.41) is 19.9. The Hall–Kier alpha value is -4.10. The zero-order chi connectivity index (χ0) is 25.1. The lowest BCUT2D eigenvalue weighted by molar-refractivity contribution is 0.102. The third-order valence-electron chi connectivity index (χ3n) is 6.08. The van der Waals surface area contributed by atoms with E-state index in [1.165, 1.54) is 19.1 Å². The normalized spacial score (nSPS) is 13.7. The fourth-order valence-corrected chi connectivity index (χ4v) is 3.88. The molecule has 3 heterocycles. The smallest absolute Gasteiger partial charge is 0.277 e. The highest BCUT2D eigenvalue weighted by molar-refractivity contribution is 7.80. The van der Waals surface area contributed by atoms with Crippen molar-refractivity contribution in [2.75, 3.05) is 22.9 Å². The highest BCUT2D eigenvalue weighted by Gasteiger charge is 2.21. The Balaban J connectivity index is 1.30. The fraction of sp³-hybridized carbons (Fsp3) is 0.269. The quantitative estimate of drug-likeness (QED) is 0.280. The highest BCUT2D eigenvalue weighted by Crippen LogP contribution is 2.29. The Morgan fingerprint density at radius 1 is 1.31 bits per heavy atom. The second-order valence-corrected chi connectivity index (χ2v) is 9.23. The number of nitrogens with zero attached hydrogens (tertiary/aromatic N) is 5. The summed E-state index contributed by atoms with van der Waals surface area (Å²) in [6.07, 6.45) is 7.07. The van der Waals surface area contributed by atoms with Crippen molar-refractivity contribution in [3.63, 3.8) is 0 Å². The van der Waals surface area contributed by atoms with E-state index in [0.29, 0.717) is 17.4 Å². The van der Waals surface area contributed by atoms with Gasteiger partial charge in [-0.25, -0.2) is 14.6 Å². The van der Waals surface area contributed by atoms with E-state index >= 15 is 0 Å². The number of carbonyl (C=O) groups excluding carboxylic acids is 1. The van der Waals surface area contributed by atoms with Gasteiger partial charge in [0.15, 0.2) is 11.4 Å². The lowest BCUT2D eigenvalue weighted by atomic mass is 10.0. The number of nitrogens with one attached hydrogen (secondary N) is 2. The second-order valence-electron chi connectivity index (χ2n) is 8.87. The number of hydrogen-bond donors (Lipinski definition) is 3. The molecule has 182 valence electrons. The van der Waals surface area contributed by atoms with Crippen molar-refractivity contribution in [3.8, 4) is 23.2 Å². The first-order valence-corrected chi connectivity index (χ1v) is 12.4. The van der Waals surface area contributed by atoms with Crippen molar-refractivity contribution < 1.29 is 9.21 Å². The van der Waals surface area contributed by atoms with Gasteiger partial charge in [-0.1, -0.05) is 19.1 Å². The molecule has 1 aromatic carbocycles. The number of thiol groups is 1. The van der Waals surface area contributed by atoms with Gasteiger partial charge in [-0.3, -0.25) is 4.79 Å². The van der Waals surface area contributed by atoms with Gasteiger partial charge in [0.1, 0.15) is 18.2 Å². The van der Waals surface area contributed by atoms with Gasteiger partial charge < -0.3 is 15.1 Å². The average molecular weight is 500 g/mol. The molecule has 36 heavy (non-hydrogen) atoms. The van der Waals surface area contributed by atoms with Crippen molar-refractivity contribution in [1.29, 1.82) is 5.26 Å². The monoisotopic (exact) mass is 499 g/mol. The first kappa shape index (κ1) is 23.6. The number of hydrogen-bond acceptors (Lipinski definition) is 8. The molecule has 1 atom stereocenters. The van der Waals surface area contributed by atoms with Crippen LogP contribution < -0.4 is 10.6 Å². The minimum absolute atomic E-state index is 0.0936. The summed E-state index contributed by atoms with van der Waals surface area (Å²) in [5.74, 6) is 2.34. The van der Waals surface area contributed by atoms with Crippen LogP contribution in [0.1, 0.15) is 47.4 Å². The maximum atomic E-state index is 12.9. The number of benzene rings is 1. The molecule has 1 aliphatic rings. The summed E-state index contributed by atoms with van der Waals surface area (Å²) in [6, 6.07) is 13.5. The number of anilines is 2. The largest absolute Gasteiger partial charge is 0.444 e. The standard InChI is InChI=1S/C26H25N7O2S/c1-16(15-36)18-4-6-20(7-5-18)33-13-22(21(11-27)32-33)30-25(34)23-14-35-26(31-23)19-8-9-28-24(10-19)29-12-17-2-3-17/h4-10,13-14,16-17,36H,2-3,12,15H2,1H3,(H,28,29)(H,30,34). The van der Waals surface area contributed by atoms with Gasteiger partial charge in [-0.2, -0.15) is 23.0 Å². The average Bonchev–Trinajstić information content (AvgIpc) is 3.44. The Bertz CT molecular complexity index is 1420. The van der Waals surface area contributed by atoms with Crippen LogP contribution in [-0.4, -0.2) is 38.0 Å². The maximum absolute atomic E-state index is 12.9. The molecule has 1 fully saturated rings. The van der Waals surface area contributed by atoms with Crippen LogP contribution in [-0.2, 0) is 0 Å². The molecule has 1 saturated carbocycles. The third-order valence-corrected chi connectivity index (χ3v) is 6.63. The summed E-state index contributed by atoms with van der Waals surface area (Å²) < 4.78 is 7.11. The van der Waals surface area contributed by atoms with E-state index in [1.54, 1.807) is 23.1 Å². The molecule has 0 aliphatic heterocycles. The van der Waals surface area contributed by atoms with Crippen molar-refractivity contribution in [2.45, 2.75) is 25.7 Å². The van der Waals surface area contributed by atoms with Gasteiger partial charge >= 0.3 is 0 Å². The first-order valence-electron chi connectivity index (χ1n) is 11.7. The minimum Gasteiger partial charge on any atom is -0.444 e. The van der Waals surface area contributed by atoms with Gasteiger partial charge in [0.25, 0.3) is 5.91 Å². The lowest BCUT2D eigenvalue weighted by Crippen LogP contribution is -2.12. The van der Waals surface area contributed by atoms with Crippen molar-refractivity contribution in [1.82, 2.24) is 19.7 Å². The molecule has 3 aromatic heterocycles. The Kier molecular flexibility index (Phi) is 6.73. The predicted molar refractivity (Wildman–Crippen MR) is 139 cm³/mol. The number of pyridine rings is 1. The molecule has 10 heteroatoms. The molecular formula is C26H25N7O2S. The second kappa shape index (κ2) is 10.3. The molecular weight excluding hydrogens is 474 g/mol. The van der Waals surface area contributed by atoms with E-state index < -0.39 is 5.91 Å². The summed E-state index contributed by atoms with van der Waals surface area (Å²) in [6.45, 7) is 3.00. The van der Waals surface area contributed by atoms with Crippen molar-refractivity contribution in [2.24, 2.45) is 5.92 Å². The highest BCUT2D eigenvalue weighted by atomic mass is 32.1. The Labute approximate surface area is 214 Å².